The summed E-state index contributed by atoms with van der Waals surface area (Å²) >= 11 is 0. The summed E-state index contributed by atoms with van der Waals surface area (Å²) in [6, 6.07) is 6.66. The van der Waals surface area contributed by atoms with Crippen molar-refractivity contribution in [3.63, 3.8) is 0 Å². The van der Waals surface area contributed by atoms with Crippen LogP contribution >= 0.6 is 0 Å². The number of halogens is 1. The van der Waals surface area contributed by atoms with Gasteiger partial charge in [0.2, 0.25) is 0 Å². The molecular formula is C15H18FN3. The van der Waals surface area contributed by atoms with Crippen LogP contribution in [0.15, 0.2) is 24.3 Å². The van der Waals surface area contributed by atoms with Gasteiger partial charge in [0.1, 0.15) is 5.82 Å². The maximum Gasteiger partial charge on any atom is 0.123 e. The lowest BCUT2D eigenvalue weighted by molar-refractivity contribution is 0.569. The first-order valence-electron chi connectivity index (χ1n) is 6.80. The van der Waals surface area contributed by atoms with E-state index in [0.717, 1.165) is 31.5 Å². The second-order valence-electron chi connectivity index (χ2n) is 4.94. The zero-order chi connectivity index (χ0) is 13.2. The van der Waals surface area contributed by atoms with Gasteiger partial charge >= 0.3 is 0 Å². The van der Waals surface area contributed by atoms with Crippen molar-refractivity contribution < 1.29 is 4.39 Å². The van der Waals surface area contributed by atoms with Crippen molar-refractivity contribution in [1.29, 1.82) is 0 Å². The minimum absolute atomic E-state index is 0.192. The van der Waals surface area contributed by atoms with E-state index >= 15 is 0 Å². The van der Waals surface area contributed by atoms with Crippen LogP contribution in [0.5, 0.6) is 0 Å². The van der Waals surface area contributed by atoms with Crippen molar-refractivity contribution in [2.24, 2.45) is 0 Å². The van der Waals surface area contributed by atoms with Crippen molar-refractivity contribution in [1.82, 2.24) is 15.1 Å². The summed E-state index contributed by atoms with van der Waals surface area (Å²) < 4.78 is 15.0. The lowest BCUT2D eigenvalue weighted by Crippen LogP contribution is -2.25. The van der Waals surface area contributed by atoms with Gasteiger partial charge in [0, 0.05) is 6.54 Å². The van der Waals surface area contributed by atoms with Gasteiger partial charge in [-0.25, -0.2) is 4.39 Å². The van der Waals surface area contributed by atoms with Crippen molar-refractivity contribution >= 4 is 0 Å². The summed E-state index contributed by atoms with van der Waals surface area (Å²) in [5, 5.41) is 8.10. The molecule has 2 heterocycles. The van der Waals surface area contributed by atoms with E-state index in [2.05, 4.69) is 16.9 Å². The Hall–Kier alpha value is -1.68. The van der Waals surface area contributed by atoms with E-state index in [1.54, 1.807) is 0 Å². The van der Waals surface area contributed by atoms with E-state index in [9.17, 15) is 4.39 Å². The van der Waals surface area contributed by atoms with Crippen molar-refractivity contribution in [2.75, 3.05) is 6.54 Å². The minimum Gasteiger partial charge on any atom is -0.311 e. The second kappa shape index (κ2) is 5.13. The number of aromatic nitrogens is 2. The van der Waals surface area contributed by atoms with Crippen molar-refractivity contribution in [2.45, 2.75) is 32.9 Å². The molecule has 1 aromatic heterocycles. The van der Waals surface area contributed by atoms with Gasteiger partial charge in [-0.15, -0.1) is 0 Å². The molecule has 0 aliphatic carbocycles. The molecule has 2 aromatic rings. The number of hydrogen-bond donors (Lipinski definition) is 1. The Bertz CT molecular complexity index is 572. The lowest BCUT2D eigenvalue weighted by Gasteiger charge is -2.15. The molecule has 1 N–H and O–H groups in total. The molecule has 0 unspecified atom stereocenters. The summed E-state index contributed by atoms with van der Waals surface area (Å²) in [7, 11) is 0. The minimum atomic E-state index is -0.192. The highest BCUT2D eigenvalue weighted by atomic mass is 19.1. The zero-order valence-electron chi connectivity index (χ0n) is 11.1. The first-order valence-corrected chi connectivity index (χ1v) is 6.80. The maximum absolute atomic E-state index is 12.9. The largest absolute Gasteiger partial charge is 0.311 e. The van der Waals surface area contributed by atoms with Crippen LogP contribution < -0.4 is 5.32 Å². The first-order chi connectivity index (χ1) is 9.28. The summed E-state index contributed by atoms with van der Waals surface area (Å²) in [5.74, 6) is -0.192. The van der Waals surface area contributed by atoms with E-state index in [-0.39, 0.29) is 5.82 Å². The number of nitrogens with one attached hydrogen (secondary N) is 1. The third-order valence-electron chi connectivity index (χ3n) is 3.67. The molecule has 1 aliphatic heterocycles. The molecule has 4 heteroatoms. The van der Waals surface area contributed by atoms with Crippen LogP contribution in [0.3, 0.4) is 0 Å². The Morgan fingerprint density at radius 3 is 2.84 bits per heavy atom. The van der Waals surface area contributed by atoms with Gasteiger partial charge in [0.15, 0.2) is 0 Å². The number of rotatable bonds is 3. The van der Waals surface area contributed by atoms with Crippen LogP contribution in [0.2, 0.25) is 0 Å². The smallest absolute Gasteiger partial charge is 0.123 e. The molecule has 0 saturated carbocycles. The standard InChI is InChI=1S/C15H18FN3/c1-2-14-13-7-8-17-9-15(13)19(18-14)10-11-3-5-12(16)6-4-11/h3-6,17H,2,7-10H2,1H3. The Morgan fingerprint density at radius 1 is 1.32 bits per heavy atom. The summed E-state index contributed by atoms with van der Waals surface area (Å²) in [4.78, 5) is 0. The monoisotopic (exact) mass is 259 g/mol. The van der Waals surface area contributed by atoms with Crippen molar-refractivity contribution in [3.05, 3.63) is 52.6 Å². The van der Waals surface area contributed by atoms with Crippen LogP contribution in [0, 0.1) is 5.82 Å². The molecule has 0 atom stereocenters. The van der Waals surface area contributed by atoms with Crippen LogP contribution in [0.4, 0.5) is 4.39 Å². The molecular weight excluding hydrogens is 241 g/mol. The van der Waals surface area contributed by atoms with E-state index in [4.69, 9.17) is 5.10 Å². The molecule has 0 saturated heterocycles. The average Bonchev–Trinajstić information content (AvgIpc) is 2.80. The molecule has 0 spiro atoms. The fourth-order valence-electron chi connectivity index (χ4n) is 2.67. The van der Waals surface area contributed by atoms with E-state index < -0.39 is 0 Å². The van der Waals surface area contributed by atoms with Gasteiger partial charge in [0.25, 0.3) is 0 Å². The van der Waals surface area contributed by atoms with Gasteiger partial charge in [-0.05, 0) is 42.6 Å². The predicted molar refractivity (Wildman–Crippen MR) is 72.5 cm³/mol. The van der Waals surface area contributed by atoms with E-state index in [1.165, 1.54) is 29.1 Å². The SMILES string of the molecule is CCc1nn(Cc2ccc(F)cc2)c2c1CCNC2. The van der Waals surface area contributed by atoms with Crippen LogP contribution in [0.1, 0.15) is 29.4 Å². The molecule has 0 bridgehead atoms. The highest BCUT2D eigenvalue weighted by molar-refractivity contribution is 5.30. The van der Waals surface area contributed by atoms with Crippen LogP contribution in [-0.4, -0.2) is 16.3 Å². The molecule has 1 aromatic carbocycles. The highest BCUT2D eigenvalue weighted by Crippen LogP contribution is 2.20. The zero-order valence-corrected chi connectivity index (χ0v) is 11.1. The molecule has 0 amide bonds. The molecule has 100 valence electrons. The van der Waals surface area contributed by atoms with Gasteiger partial charge in [-0.3, -0.25) is 4.68 Å². The Balaban J connectivity index is 1.92. The topological polar surface area (TPSA) is 29.9 Å². The average molecular weight is 259 g/mol. The number of aryl methyl sites for hydroxylation is 1. The summed E-state index contributed by atoms with van der Waals surface area (Å²) in [6.45, 7) is 4.77. The van der Waals surface area contributed by atoms with Crippen LogP contribution in [-0.2, 0) is 25.9 Å². The maximum atomic E-state index is 12.9. The normalized spacial score (nSPS) is 14.4. The fraction of sp³-hybridized carbons (Fsp3) is 0.400. The highest BCUT2D eigenvalue weighted by Gasteiger charge is 2.19. The first kappa shape index (κ1) is 12.4. The number of benzene rings is 1. The van der Waals surface area contributed by atoms with E-state index in [0.29, 0.717) is 6.54 Å². The van der Waals surface area contributed by atoms with Gasteiger partial charge in [-0.2, -0.15) is 5.10 Å². The third-order valence-corrected chi connectivity index (χ3v) is 3.67. The third kappa shape index (κ3) is 2.40. The molecule has 0 radical (unpaired) electrons. The van der Waals surface area contributed by atoms with E-state index in [1.807, 2.05) is 12.1 Å². The molecule has 1 aliphatic rings. The Labute approximate surface area is 112 Å². The van der Waals surface area contributed by atoms with Gasteiger partial charge in [0.05, 0.1) is 17.9 Å². The van der Waals surface area contributed by atoms with Crippen LogP contribution in [0.25, 0.3) is 0 Å². The molecule has 3 rings (SSSR count). The van der Waals surface area contributed by atoms with Crippen molar-refractivity contribution in [3.8, 4) is 0 Å². The molecule has 0 fully saturated rings. The summed E-state index contributed by atoms with van der Waals surface area (Å²) in [5.41, 5.74) is 4.98. The molecule has 19 heavy (non-hydrogen) atoms. The fourth-order valence-corrected chi connectivity index (χ4v) is 2.67. The molecule has 3 nitrogen and oxygen atoms in total. The second-order valence-corrected chi connectivity index (χ2v) is 4.94. The predicted octanol–water partition coefficient (Wildman–Crippen LogP) is 2.28. The number of fused-ring (bicyclic) bond motifs is 1. The number of hydrogen-bond acceptors (Lipinski definition) is 2. The number of nitrogens with zero attached hydrogens (tertiary/aromatic N) is 2. The summed E-state index contributed by atoms with van der Waals surface area (Å²) in [6.07, 6.45) is 2.03. The Morgan fingerprint density at radius 2 is 2.11 bits per heavy atom. The lowest BCUT2D eigenvalue weighted by atomic mass is 10.0. The van der Waals surface area contributed by atoms with Gasteiger partial charge in [-0.1, -0.05) is 19.1 Å². The van der Waals surface area contributed by atoms with Gasteiger partial charge < -0.3 is 5.32 Å². The Kier molecular flexibility index (Phi) is 3.34. The quantitative estimate of drug-likeness (QED) is 0.916.